The Bertz CT molecular complexity index is 1440. The molecule has 0 bridgehead atoms. The van der Waals surface area contributed by atoms with E-state index in [2.05, 4.69) is 51.4 Å². The highest BCUT2D eigenvalue weighted by Crippen LogP contribution is 2.27. The Morgan fingerprint density at radius 2 is 1.20 bits per heavy atom. The molecule has 30 heavy (non-hydrogen) atoms. The molecule has 2 N–H and O–H groups in total. The number of pyridine rings is 1. The van der Waals surface area contributed by atoms with Gasteiger partial charge in [0.05, 0.1) is 27.8 Å². The molecule has 0 aliphatic carbocycles. The molecule has 0 aliphatic rings. The predicted octanol–water partition coefficient (Wildman–Crippen LogP) is 5.84. The van der Waals surface area contributed by atoms with E-state index in [9.17, 15) is 0 Å². The molecule has 0 saturated carbocycles. The Hall–Kier alpha value is -4.25. The number of para-hydroxylation sites is 2. The van der Waals surface area contributed by atoms with E-state index in [4.69, 9.17) is 9.97 Å². The third-order valence-electron chi connectivity index (χ3n) is 5.26. The number of nitrogens with one attached hydrogen (secondary N) is 2. The molecular weight excluding hydrogens is 370 g/mol. The van der Waals surface area contributed by atoms with Gasteiger partial charge in [0, 0.05) is 22.9 Å². The molecule has 3 aromatic carbocycles. The molecular formula is C25H17N5. The number of nitrogens with zero attached hydrogens (tertiary/aromatic N) is 3. The third kappa shape index (κ3) is 2.84. The van der Waals surface area contributed by atoms with Crippen LogP contribution in [0.15, 0.2) is 91.1 Å². The molecule has 5 nitrogen and oxygen atoms in total. The van der Waals surface area contributed by atoms with Gasteiger partial charge in [-0.05, 0) is 42.5 Å². The molecule has 0 aliphatic heterocycles. The molecule has 0 fully saturated rings. The molecule has 3 heterocycles. The Morgan fingerprint density at radius 1 is 0.533 bits per heavy atom. The zero-order chi connectivity index (χ0) is 19.9. The van der Waals surface area contributed by atoms with Crippen LogP contribution in [0, 0.1) is 0 Å². The van der Waals surface area contributed by atoms with Gasteiger partial charge in [0.25, 0.3) is 0 Å². The van der Waals surface area contributed by atoms with Gasteiger partial charge in [0.2, 0.25) is 0 Å². The van der Waals surface area contributed by atoms with Crippen molar-refractivity contribution in [3.05, 3.63) is 91.1 Å². The summed E-state index contributed by atoms with van der Waals surface area (Å²) in [6.07, 6.45) is 1.81. The second kappa shape index (κ2) is 6.67. The average molecular weight is 387 g/mol. The minimum Gasteiger partial charge on any atom is -0.338 e. The first-order valence-electron chi connectivity index (χ1n) is 9.80. The van der Waals surface area contributed by atoms with Crippen LogP contribution in [0.4, 0.5) is 0 Å². The van der Waals surface area contributed by atoms with E-state index >= 15 is 0 Å². The molecule has 0 spiro atoms. The maximum Gasteiger partial charge on any atom is 0.138 e. The van der Waals surface area contributed by atoms with Crippen LogP contribution in [0.1, 0.15) is 0 Å². The lowest BCUT2D eigenvalue weighted by Gasteiger charge is -2.01. The van der Waals surface area contributed by atoms with Crippen LogP contribution in [0.3, 0.4) is 0 Å². The summed E-state index contributed by atoms with van der Waals surface area (Å²) in [6.45, 7) is 0. The summed E-state index contributed by atoms with van der Waals surface area (Å²) in [7, 11) is 0. The van der Waals surface area contributed by atoms with Gasteiger partial charge in [0.1, 0.15) is 11.6 Å². The molecule has 0 amide bonds. The smallest absolute Gasteiger partial charge is 0.138 e. The molecule has 0 atom stereocenters. The summed E-state index contributed by atoms with van der Waals surface area (Å²) in [5.74, 6) is 1.70. The topological polar surface area (TPSA) is 70.2 Å². The van der Waals surface area contributed by atoms with Gasteiger partial charge in [-0.25, -0.2) is 9.97 Å². The van der Waals surface area contributed by atoms with Crippen LogP contribution in [-0.2, 0) is 0 Å². The van der Waals surface area contributed by atoms with Gasteiger partial charge in [0.15, 0.2) is 0 Å². The Balaban J connectivity index is 1.36. The van der Waals surface area contributed by atoms with Crippen molar-refractivity contribution in [3.63, 3.8) is 0 Å². The zero-order valence-corrected chi connectivity index (χ0v) is 16.0. The quantitative estimate of drug-likeness (QED) is 0.401. The van der Waals surface area contributed by atoms with Crippen molar-refractivity contribution >= 4 is 22.1 Å². The van der Waals surface area contributed by atoms with Crippen LogP contribution >= 0.6 is 0 Å². The fraction of sp³-hybridized carbons (Fsp3) is 0. The van der Waals surface area contributed by atoms with E-state index in [1.165, 1.54) is 0 Å². The third-order valence-corrected chi connectivity index (χ3v) is 5.26. The van der Waals surface area contributed by atoms with Crippen molar-refractivity contribution in [1.29, 1.82) is 0 Å². The Kier molecular flexibility index (Phi) is 3.71. The molecule has 6 aromatic rings. The highest BCUT2D eigenvalue weighted by molar-refractivity contribution is 5.86. The van der Waals surface area contributed by atoms with E-state index in [1.54, 1.807) is 0 Å². The Morgan fingerprint density at radius 3 is 2.00 bits per heavy atom. The molecule has 0 unspecified atom stereocenters. The van der Waals surface area contributed by atoms with Crippen molar-refractivity contribution < 1.29 is 0 Å². The second-order valence-electron chi connectivity index (χ2n) is 7.21. The molecule has 3 aromatic heterocycles. The molecule has 0 saturated heterocycles. The van der Waals surface area contributed by atoms with Crippen molar-refractivity contribution in [2.24, 2.45) is 0 Å². The summed E-state index contributed by atoms with van der Waals surface area (Å²) >= 11 is 0. The van der Waals surface area contributed by atoms with Gasteiger partial charge < -0.3 is 9.97 Å². The summed E-state index contributed by atoms with van der Waals surface area (Å²) in [6, 6.07) is 28.4. The SMILES string of the molecule is c1ccc(-c2ccc(-c3nc4ccc(-c5nc6ccccc6[nH]5)cc4[nH]3)cc2)nc1. The summed E-state index contributed by atoms with van der Waals surface area (Å²) in [5.41, 5.74) is 8.02. The first kappa shape index (κ1) is 16.7. The largest absolute Gasteiger partial charge is 0.338 e. The van der Waals surface area contributed by atoms with E-state index < -0.39 is 0 Å². The first-order chi connectivity index (χ1) is 14.8. The number of aromatic nitrogens is 5. The number of benzene rings is 3. The monoisotopic (exact) mass is 387 g/mol. The fourth-order valence-electron chi connectivity index (χ4n) is 3.72. The van der Waals surface area contributed by atoms with Crippen LogP contribution in [-0.4, -0.2) is 24.9 Å². The summed E-state index contributed by atoms with van der Waals surface area (Å²) in [4.78, 5) is 20.7. The van der Waals surface area contributed by atoms with Crippen LogP contribution in [0.2, 0.25) is 0 Å². The summed E-state index contributed by atoms with van der Waals surface area (Å²) < 4.78 is 0. The highest BCUT2D eigenvalue weighted by atomic mass is 14.9. The number of hydrogen-bond acceptors (Lipinski definition) is 3. The van der Waals surface area contributed by atoms with Gasteiger partial charge >= 0.3 is 0 Å². The fourth-order valence-corrected chi connectivity index (χ4v) is 3.72. The minimum atomic E-state index is 0.847. The average Bonchev–Trinajstić information content (AvgIpc) is 3.43. The predicted molar refractivity (Wildman–Crippen MR) is 120 cm³/mol. The number of imidazole rings is 2. The molecule has 142 valence electrons. The van der Waals surface area contributed by atoms with Crippen LogP contribution in [0.5, 0.6) is 0 Å². The molecule has 6 rings (SSSR count). The number of rotatable bonds is 3. The van der Waals surface area contributed by atoms with E-state index in [0.717, 1.165) is 56.1 Å². The Labute approximate surface area is 172 Å². The highest BCUT2D eigenvalue weighted by Gasteiger charge is 2.10. The van der Waals surface area contributed by atoms with Crippen molar-refractivity contribution in [2.45, 2.75) is 0 Å². The van der Waals surface area contributed by atoms with Gasteiger partial charge in [-0.3, -0.25) is 4.98 Å². The van der Waals surface area contributed by atoms with E-state index in [0.29, 0.717) is 0 Å². The maximum atomic E-state index is 4.76. The zero-order valence-electron chi connectivity index (χ0n) is 16.0. The second-order valence-corrected chi connectivity index (χ2v) is 7.21. The van der Waals surface area contributed by atoms with Gasteiger partial charge in [-0.2, -0.15) is 0 Å². The number of aromatic amines is 2. The van der Waals surface area contributed by atoms with Crippen molar-refractivity contribution in [2.75, 3.05) is 0 Å². The van der Waals surface area contributed by atoms with Crippen LogP contribution in [0.25, 0.3) is 56.1 Å². The maximum absolute atomic E-state index is 4.76. The minimum absolute atomic E-state index is 0.847. The van der Waals surface area contributed by atoms with Crippen molar-refractivity contribution in [1.82, 2.24) is 24.9 Å². The molecule has 5 heteroatoms. The summed E-state index contributed by atoms with van der Waals surface area (Å²) in [5, 5.41) is 0. The standard InChI is InChI=1S/C25H17N5/c1-2-7-21-20(6-1)27-25(28-21)18-12-13-22-23(15-18)30-24(29-22)17-10-8-16(9-11-17)19-5-3-4-14-26-19/h1-15H,(H,27,28)(H,29,30). The lowest BCUT2D eigenvalue weighted by atomic mass is 10.1. The number of hydrogen-bond donors (Lipinski definition) is 2. The number of fused-ring (bicyclic) bond motifs is 2. The van der Waals surface area contributed by atoms with E-state index in [1.807, 2.05) is 54.7 Å². The van der Waals surface area contributed by atoms with Gasteiger partial charge in [-0.1, -0.05) is 42.5 Å². The molecule has 0 radical (unpaired) electrons. The number of H-pyrrole nitrogens is 2. The van der Waals surface area contributed by atoms with Crippen LogP contribution < -0.4 is 0 Å². The lowest BCUT2D eigenvalue weighted by molar-refractivity contribution is 1.31. The lowest BCUT2D eigenvalue weighted by Crippen LogP contribution is -1.84. The van der Waals surface area contributed by atoms with Gasteiger partial charge in [-0.15, -0.1) is 0 Å². The van der Waals surface area contributed by atoms with E-state index in [-0.39, 0.29) is 0 Å². The first-order valence-corrected chi connectivity index (χ1v) is 9.80. The normalized spacial score (nSPS) is 11.3. The van der Waals surface area contributed by atoms with Crippen molar-refractivity contribution in [3.8, 4) is 34.0 Å².